The van der Waals surface area contributed by atoms with Crippen LogP contribution in [0, 0.1) is 11.7 Å². The fraction of sp³-hybridized carbons (Fsp3) is 0.348. The number of amides is 1. The van der Waals surface area contributed by atoms with E-state index in [2.05, 4.69) is 12.2 Å². The lowest BCUT2D eigenvalue weighted by molar-refractivity contribution is -0.113. The average molecular weight is 513 g/mol. The van der Waals surface area contributed by atoms with E-state index in [1.165, 1.54) is 30.0 Å². The van der Waals surface area contributed by atoms with E-state index in [0.29, 0.717) is 32.4 Å². The molecule has 1 amide bonds. The SMILES string of the molecule is CC1CCC2(CC1)N=C(SCC(=O)Nc1ccc(F)c(Cl)c1)C(c1ccc(Cl)cc1Cl)=N2. The first-order chi connectivity index (χ1) is 15.2. The van der Waals surface area contributed by atoms with Crippen LogP contribution in [0.1, 0.15) is 38.2 Å². The third-order valence-corrected chi connectivity index (χ3v) is 7.44. The van der Waals surface area contributed by atoms with Crippen LogP contribution in [-0.4, -0.2) is 28.1 Å². The van der Waals surface area contributed by atoms with E-state index in [0.717, 1.165) is 31.2 Å². The van der Waals surface area contributed by atoms with Gasteiger partial charge in [-0.1, -0.05) is 53.5 Å². The Morgan fingerprint density at radius 3 is 2.56 bits per heavy atom. The van der Waals surface area contributed by atoms with Gasteiger partial charge in [-0.2, -0.15) is 0 Å². The predicted octanol–water partition coefficient (Wildman–Crippen LogP) is 7.27. The largest absolute Gasteiger partial charge is 0.325 e. The smallest absolute Gasteiger partial charge is 0.234 e. The van der Waals surface area contributed by atoms with Crippen LogP contribution >= 0.6 is 46.6 Å². The summed E-state index contributed by atoms with van der Waals surface area (Å²) in [4.78, 5) is 22.5. The number of anilines is 1. The van der Waals surface area contributed by atoms with Crippen LogP contribution in [0.4, 0.5) is 10.1 Å². The van der Waals surface area contributed by atoms with E-state index in [9.17, 15) is 9.18 Å². The molecule has 9 heteroatoms. The summed E-state index contributed by atoms with van der Waals surface area (Å²) in [5.41, 5.74) is 1.39. The quantitative estimate of drug-likeness (QED) is 0.468. The van der Waals surface area contributed by atoms with Gasteiger partial charge in [0.1, 0.15) is 16.6 Å². The summed E-state index contributed by atoms with van der Waals surface area (Å²) in [5.74, 6) is -0.0178. The highest BCUT2D eigenvalue weighted by molar-refractivity contribution is 8.16. The molecule has 4 nitrogen and oxygen atoms in total. The van der Waals surface area contributed by atoms with Crippen LogP contribution in [0.15, 0.2) is 46.4 Å². The minimum Gasteiger partial charge on any atom is -0.325 e. The second kappa shape index (κ2) is 9.72. The summed E-state index contributed by atoms with van der Waals surface area (Å²) in [5, 5.41) is 4.42. The van der Waals surface area contributed by atoms with E-state index in [-0.39, 0.29) is 16.7 Å². The first-order valence-corrected chi connectivity index (χ1v) is 12.4. The number of thioether (sulfide) groups is 1. The lowest BCUT2D eigenvalue weighted by atomic mass is 9.83. The number of rotatable bonds is 4. The zero-order chi connectivity index (χ0) is 22.9. The minimum atomic E-state index is -0.535. The lowest BCUT2D eigenvalue weighted by Gasteiger charge is -2.30. The second-order valence-electron chi connectivity index (χ2n) is 8.13. The Morgan fingerprint density at radius 2 is 1.88 bits per heavy atom. The van der Waals surface area contributed by atoms with Crippen molar-refractivity contribution in [1.82, 2.24) is 0 Å². The van der Waals surface area contributed by atoms with E-state index in [1.54, 1.807) is 12.1 Å². The van der Waals surface area contributed by atoms with Gasteiger partial charge >= 0.3 is 0 Å². The zero-order valence-corrected chi connectivity index (χ0v) is 20.4. The number of nitrogens with one attached hydrogen (secondary N) is 1. The molecular formula is C23H21Cl3FN3OS. The maximum atomic E-state index is 13.4. The van der Waals surface area contributed by atoms with Crippen molar-refractivity contribution in [3.8, 4) is 0 Å². The standard InChI is InChI=1S/C23H21Cl3FN3OS/c1-13-6-8-23(9-7-13)29-21(16-4-2-14(24)10-17(16)25)22(30-23)32-12-20(31)28-15-3-5-19(27)18(26)11-15/h2-5,10-11,13H,6-9,12H2,1H3,(H,28,31). The molecule has 0 saturated heterocycles. The average Bonchev–Trinajstić information content (AvgIpc) is 3.10. The molecule has 1 N–H and O–H groups in total. The molecule has 1 saturated carbocycles. The van der Waals surface area contributed by atoms with Crippen molar-refractivity contribution in [2.45, 2.75) is 38.3 Å². The number of nitrogens with zero attached hydrogens (tertiary/aromatic N) is 2. The molecule has 1 heterocycles. The molecule has 1 aliphatic heterocycles. The first-order valence-electron chi connectivity index (χ1n) is 10.3. The summed E-state index contributed by atoms with van der Waals surface area (Å²) in [6, 6.07) is 9.35. The Bertz CT molecular complexity index is 1110. The summed E-state index contributed by atoms with van der Waals surface area (Å²) < 4.78 is 13.4. The molecule has 0 unspecified atom stereocenters. The van der Waals surface area contributed by atoms with Gasteiger partial charge in [-0.3, -0.25) is 9.79 Å². The third-order valence-electron chi connectivity index (χ3n) is 5.64. The van der Waals surface area contributed by atoms with Gasteiger partial charge in [0.25, 0.3) is 0 Å². The van der Waals surface area contributed by atoms with Crippen LogP contribution in [0.5, 0.6) is 0 Å². The summed E-state index contributed by atoms with van der Waals surface area (Å²) in [6.07, 6.45) is 3.84. The molecule has 168 valence electrons. The maximum Gasteiger partial charge on any atom is 0.234 e. The van der Waals surface area contributed by atoms with Crippen LogP contribution in [0.2, 0.25) is 15.1 Å². The van der Waals surface area contributed by atoms with Gasteiger partial charge in [-0.25, -0.2) is 9.38 Å². The molecule has 4 rings (SSSR count). The number of benzene rings is 2. The molecule has 32 heavy (non-hydrogen) atoms. The van der Waals surface area contributed by atoms with Crippen LogP contribution < -0.4 is 5.32 Å². The molecule has 0 bridgehead atoms. The van der Waals surface area contributed by atoms with Gasteiger partial charge in [0.2, 0.25) is 5.91 Å². The van der Waals surface area contributed by atoms with E-state index in [4.69, 9.17) is 44.8 Å². The normalized spacial score (nSPS) is 22.6. The van der Waals surface area contributed by atoms with Gasteiger partial charge in [0.05, 0.1) is 15.8 Å². The molecule has 1 fully saturated rings. The minimum absolute atomic E-state index is 0.0455. The number of aliphatic imine (C=N–C) groups is 2. The Kier molecular flexibility index (Phi) is 7.15. The van der Waals surface area contributed by atoms with Crippen molar-refractivity contribution >= 4 is 68.9 Å². The number of carbonyl (C=O) groups excluding carboxylic acids is 1. The highest BCUT2D eigenvalue weighted by Crippen LogP contribution is 2.41. The van der Waals surface area contributed by atoms with E-state index in [1.807, 2.05) is 6.07 Å². The van der Waals surface area contributed by atoms with E-state index >= 15 is 0 Å². The number of hydrogen-bond acceptors (Lipinski definition) is 4. The molecule has 2 aromatic carbocycles. The van der Waals surface area contributed by atoms with Crippen molar-refractivity contribution in [2.24, 2.45) is 15.9 Å². The Morgan fingerprint density at radius 1 is 1.12 bits per heavy atom. The lowest BCUT2D eigenvalue weighted by Crippen LogP contribution is -2.28. The predicted molar refractivity (Wildman–Crippen MR) is 133 cm³/mol. The molecule has 1 spiro atoms. The summed E-state index contributed by atoms with van der Waals surface area (Å²) in [7, 11) is 0. The Balaban J connectivity index is 1.53. The number of carbonyl (C=O) groups is 1. The maximum absolute atomic E-state index is 13.4. The second-order valence-corrected chi connectivity index (χ2v) is 10.3. The van der Waals surface area contributed by atoms with Crippen molar-refractivity contribution in [3.05, 3.63) is 62.8 Å². The number of halogens is 4. The van der Waals surface area contributed by atoms with Gasteiger partial charge in [0, 0.05) is 16.3 Å². The van der Waals surface area contributed by atoms with Gasteiger partial charge in [-0.05, 0) is 68.0 Å². The molecule has 0 radical (unpaired) electrons. The van der Waals surface area contributed by atoms with Gasteiger partial charge in [0.15, 0.2) is 5.66 Å². The Hall–Kier alpha value is -1.60. The topological polar surface area (TPSA) is 53.8 Å². The fourth-order valence-corrected chi connectivity index (χ4v) is 5.38. The third kappa shape index (κ3) is 5.30. The molecule has 1 aliphatic carbocycles. The number of hydrogen-bond donors (Lipinski definition) is 1. The van der Waals surface area contributed by atoms with Gasteiger partial charge < -0.3 is 5.32 Å². The highest BCUT2D eigenvalue weighted by Gasteiger charge is 2.39. The van der Waals surface area contributed by atoms with E-state index < -0.39 is 11.5 Å². The summed E-state index contributed by atoms with van der Waals surface area (Å²) >= 11 is 19.7. The zero-order valence-electron chi connectivity index (χ0n) is 17.3. The highest BCUT2D eigenvalue weighted by atomic mass is 35.5. The van der Waals surface area contributed by atoms with Crippen molar-refractivity contribution < 1.29 is 9.18 Å². The first kappa shape index (κ1) is 23.6. The molecule has 0 atom stereocenters. The van der Waals surface area contributed by atoms with Gasteiger partial charge in [-0.15, -0.1) is 0 Å². The van der Waals surface area contributed by atoms with Crippen LogP contribution in [0.3, 0.4) is 0 Å². The van der Waals surface area contributed by atoms with Crippen molar-refractivity contribution in [1.29, 1.82) is 0 Å². The molecule has 2 aliphatic rings. The fourth-order valence-electron chi connectivity index (χ4n) is 3.83. The van der Waals surface area contributed by atoms with Crippen LogP contribution in [0.25, 0.3) is 0 Å². The van der Waals surface area contributed by atoms with Crippen molar-refractivity contribution in [3.63, 3.8) is 0 Å². The van der Waals surface area contributed by atoms with Crippen LogP contribution in [-0.2, 0) is 4.79 Å². The molecular weight excluding hydrogens is 492 g/mol. The molecule has 2 aromatic rings. The molecule has 0 aromatic heterocycles. The monoisotopic (exact) mass is 511 g/mol. The van der Waals surface area contributed by atoms with Crippen molar-refractivity contribution in [2.75, 3.05) is 11.1 Å². The Labute approximate surface area is 205 Å². The summed E-state index contributed by atoms with van der Waals surface area (Å²) in [6.45, 7) is 2.24.